The molecule has 6 heteroatoms. The third-order valence-corrected chi connectivity index (χ3v) is 4.19. The molecule has 3 aromatic rings. The smallest absolute Gasteiger partial charge is 0.240 e. The minimum absolute atomic E-state index is 0.0357. The lowest BCUT2D eigenvalue weighted by atomic mass is 10.1. The minimum atomic E-state index is -0.278. The molecule has 0 spiro atoms. The second-order valence-electron chi connectivity index (χ2n) is 4.85. The molecule has 0 saturated carbocycles. The molecule has 0 radical (unpaired) electrons. The average Bonchev–Trinajstić information content (AvgIpc) is 3.01. The van der Waals surface area contributed by atoms with Crippen LogP contribution in [0.25, 0.3) is 11.4 Å². The Morgan fingerprint density at radius 2 is 2.09 bits per heavy atom. The summed E-state index contributed by atoms with van der Waals surface area (Å²) >= 11 is 1.53. The molecule has 0 aliphatic carbocycles. The first-order valence-corrected chi connectivity index (χ1v) is 7.69. The van der Waals surface area contributed by atoms with Gasteiger partial charge in [-0.05, 0) is 37.6 Å². The summed E-state index contributed by atoms with van der Waals surface area (Å²) in [6.45, 7) is 3.68. The third kappa shape index (κ3) is 3.17. The standard InChI is InChI=1S/C16H14FN3OS/c1-10-6-7-12(9-13(10)17)15-19-16(21-20-15)11(2)22-14-5-3-4-8-18-14/h3-9,11H,1-2H3/t11-/m1/s1. The molecular weight excluding hydrogens is 301 g/mol. The number of nitrogens with zero attached hydrogens (tertiary/aromatic N) is 3. The van der Waals surface area contributed by atoms with Crippen molar-refractivity contribution < 1.29 is 8.91 Å². The Kier molecular flexibility index (Phi) is 4.20. The summed E-state index contributed by atoms with van der Waals surface area (Å²) < 4.78 is 18.9. The predicted molar refractivity (Wildman–Crippen MR) is 82.9 cm³/mol. The quantitative estimate of drug-likeness (QED) is 0.667. The Morgan fingerprint density at radius 1 is 1.23 bits per heavy atom. The molecule has 0 bridgehead atoms. The molecule has 0 aliphatic heterocycles. The van der Waals surface area contributed by atoms with Crippen LogP contribution in [0.1, 0.15) is 23.6 Å². The van der Waals surface area contributed by atoms with Crippen molar-refractivity contribution in [3.63, 3.8) is 0 Å². The number of rotatable bonds is 4. The number of pyridine rings is 1. The maximum atomic E-state index is 13.6. The molecule has 0 unspecified atom stereocenters. The molecule has 0 amide bonds. The van der Waals surface area contributed by atoms with Gasteiger partial charge in [0.15, 0.2) is 0 Å². The van der Waals surface area contributed by atoms with Gasteiger partial charge in [-0.25, -0.2) is 9.37 Å². The number of hydrogen-bond donors (Lipinski definition) is 0. The van der Waals surface area contributed by atoms with Crippen LogP contribution >= 0.6 is 11.8 Å². The number of thioether (sulfide) groups is 1. The van der Waals surface area contributed by atoms with E-state index in [1.165, 1.54) is 17.8 Å². The van der Waals surface area contributed by atoms with Crippen LogP contribution in [0.3, 0.4) is 0 Å². The Morgan fingerprint density at radius 3 is 2.82 bits per heavy atom. The van der Waals surface area contributed by atoms with Gasteiger partial charge in [-0.15, -0.1) is 0 Å². The monoisotopic (exact) mass is 315 g/mol. The zero-order valence-corrected chi connectivity index (χ0v) is 13.0. The van der Waals surface area contributed by atoms with E-state index in [1.54, 1.807) is 25.3 Å². The van der Waals surface area contributed by atoms with Crippen LogP contribution in [0.15, 0.2) is 52.1 Å². The summed E-state index contributed by atoms with van der Waals surface area (Å²) in [7, 11) is 0. The molecule has 22 heavy (non-hydrogen) atoms. The lowest BCUT2D eigenvalue weighted by molar-refractivity contribution is 0.380. The van der Waals surface area contributed by atoms with Gasteiger partial charge < -0.3 is 4.52 Å². The highest BCUT2D eigenvalue weighted by molar-refractivity contribution is 7.99. The van der Waals surface area contributed by atoms with Gasteiger partial charge in [0.2, 0.25) is 11.7 Å². The van der Waals surface area contributed by atoms with Gasteiger partial charge in [-0.3, -0.25) is 0 Å². The van der Waals surface area contributed by atoms with Crippen LogP contribution in [0, 0.1) is 12.7 Å². The number of aryl methyl sites for hydroxylation is 1. The molecule has 0 saturated heterocycles. The van der Waals surface area contributed by atoms with E-state index in [0.29, 0.717) is 22.8 Å². The van der Waals surface area contributed by atoms with E-state index in [2.05, 4.69) is 15.1 Å². The van der Waals surface area contributed by atoms with Crippen molar-refractivity contribution in [1.29, 1.82) is 0 Å². The highest BCUT2D eigenvalue weighted by Crippen LogP contribution is 2.33. The van der Waals surface area contributed by atoms with E-state index < -0.39 is 0 Å². The molecule has 3 rings (SSSR count). The number of halogens is 1. The Bertz CT molecular complexity index is 776. The number of hydrogen-bond acceptors (Lipinski definition) is 5. The van der Waals surface area contributed by atoms with Crippen LogP contribution in [-0.4, -0.2) is 15.1 Å². The van der Waals surface area contributed by atoms with Crippen molar-refractivity contribution in [1.82, 2.24) is 15.1 Å². The average molecular weight is 315 g/mol. The minimum Gasteiger partial charge on any atom is -0.338 e. The molecule has 1 atom stereocenters. The topological polar surface area (TPSA) is 51.8 Å². The largest absolute Gasteiger partial charge is 0.338 e. The third-order valence-electron chi connectivity index (χ3n) is 3.15. The number of benzene rings is 1. The van der Waals surface area contributed by atoms with Crippen molar-refractivity contribution in [3.8, 4) is 11.4 Å². The van der Waals surface area contributed by atoms with E-state index in [1.807, 2.05) is 25.1 Å². The molecule has 4 nitrogen and oxygen atoms in total. The first-order chi connectivity index (χ1) is 10.6. The second-order valence-corrected chi connectivity index (χ2v) is 6.21. The van der Waals surface area contributed by atoms with Gasteiger partial charge in [0.05, 0.1) is 10.3 Å². The van der Waals surface area contributed by atoms with Crippen molar-refractivity contribution in [3.05, 3.63) is 59.9 Å². The summed E-state index contributed by atoms with van der Waals surface area (Å²) in [5.74, 6) is 0.605. The van der Waals surface area contributed by atoms with Crippen molar-refractivity contribution in [2.75, 3.05) is 0 Å². The maximum Gasteiger partial charge on any atom is 0.240 e. The highest BCUT2D eigenvalue weighted by Gasteiger charge is 2.17. The normalized spacial score (nSPS) is 12.3. The van der Waals surface area contributed by atoms with Crippen molar-refractivity contribution >= 4 is 11.8 Å². The van der Waals surface area contributed by atoms with Crippen LogP contribution in [0.2, 0.25) is 0 Å². The Balaban J connectivity index is 1.79. The number of aromatic nitrogens is 3. The summed E-state index contributed by atoms with van der Waals surface area (Å²) in [5, 5.41) is 4.78. The Labute approximate surface area is 131 Å². The summed E-state index contributed by atoms with van der Waals surface area (Å²) in [5.41, 5.74) is 1.19. The van der Waals surface area contributed by atoms with Gasteiger partial charge in [0, 0.05) is 11.8 Å². The SMILES string of the molecule is Cc1ccc(-c2noc([C@@H](C)Sc3ccccn3)n2)cc1F. The molecule has 0 aliphatic rings. The van der Waals surface area contributed by atoms with Crippen molar-refractivity contribution in [2.45, 2.75) is 24.1 Å². The lowest BCUT2D eigenvalue weighted by Gasteiger charge is -2.04. The van der Waals surface area contributed by atoms with Crippen molar-refractivity contribution in [2.24, 2.45) is 0 Å². The van der Waals surface area contributed by atoms with Gasteiger partial charge in [0.1, 0.15) is 5.82 Å². The predicted octanol–water partition coefficient (Wildman–Crippen LogP) is 4.43. The zero-order valence-electron chi connectivity index (χ0n) is 12.2. The zero-order chi connectivity index (χ0) is 15.5. The van der Waals surface area contributed by atoms with E-state index in [9.17, 15) is 4.39 Å². The fourth-order valence-electron chi connectivity index (χ4n) is 1.90. The van der Waals surface area contributed by atoms with Gasteiger partial charge in [-0.2, -0.15) is 4.98 Å². The first-order valence-electron chi connectivity index (χ1n) is 6.81. The van der Waals surface area contributed by atoms with E-state index in [0.717, 1.165) is 5.03 Å². The van der Waals surface area contributed by atoms with Gasteiger partial charge in [0.25, 0.3) is 0 Å². The van der Waals surface area contributed by atoms with Gasteiger partial charge >= 0.3 is 0 Å². The maximum absolute atomic E-state index is 13.6. The van der Waals surface area contributed by atoms with Gasteiger partial charge in [-0.1, -0.05) is 35.1 Å². The first kappa shape index (κ1) is 14.7. The van der Waals surface area contributed by atoms with Crippen LogP contribution in [0.4, 0.5) is 4.39 Å². The van der Waals surface area contributed by atoms with Crippen LogP contribution < -0.4 is 0 Å². The highest BCUT2D eigenvalue weighted by atomic mass is 32.2. The molecule has 0 N–H and O–H groups in total. The summed E-state index contributed by atoms with van der Waals surface area (Å²) in [4.78, 5) is 8.61. The molecular formula is C16H14FN3OS. The van der Waals surface area contributed by atoms with E-state index in [4.69, 9.17) is 4.52 Å². The molecule has 2 heterocycles. The second kappa shape index (κ2) is 6.27. The fourth-order valence-corrected chi connectivity index (χ4v) is 2.74. The molecule has 2 aromatic heterocycles. The van der Waals surface area contributed by atoms with Crippen LogP contribution in [-0.2, 0) is 0 Å². The Hall–Kier alpha value is -2.21. The molecule has 1 aromatic carbocycles. The summed E-state index contributed by atoms with van der Waals surface area (Å²) in [6.07, 6.45) is 1.74. The lowest BCUT2D eigenvalue weighted by Crippen LogP contribution is -1.90. The van der Waals surface area contributed by atoms with Crippen LogP contribution in [0.5, 0.6) is 0 Å². The fraction of sp³-hybridized carbons (Fsp3) is 0.188. The molecule has 0 fully saturated rings. The summed E-state index contributed by atoms with van der Waals surface area (Å²) in [6, 6.07) is 10.6. The van der Waals surface area contributed by atoms with E-state index in [-0.39, 0.29) is 11.1 Å². The van der Waals surface area contributed by atoms with E-state index >= 15 is 0 Å². The molecule has 112 valence electrons.